The van der Waals surface area contributed by atoms with Crippen molar-refractivity contribution in [3.8, 4) is 0 Å². The topological polar surface area (TPSA) is 71.5 Å². The molecular formula is C13H19ClN2O3S. The van der Waals surface area contributed by atoms with Crippen LogP contribution in [0.15, 0.2) is 0 Å². The number of nitrogens with zero attached hydrogens (tertiary/aromatic N) is 1. The van der Waals surface area contributed by atoms with Gasteiger partial charge >= 0.3 is 5.97 Å². The molecule has 1 aliphatic rings. The molecule has 1 aliphatic carbocycles. The van der Waals surface area contributed by atoms with Gasteiger partial charge in [-0.2, -0.15) is 0 Å². The first kappa shape index (κ1) is 15.5. The van der Waals surface area contributed by atoms with Gasteiger partial charge in [0.2, 0.25) is 0 Å². The molecule has 0 amide bonds. The summed E-state index contributed by atoms with van der Waals surface area (Å²) in [4.78, 5) is 15.8. The van der Waals surface area contributed by atoms with E-state index >= 15 is 0 Å². The van der Waals surface area contributed by atoms with Crippen LogP contribution < -0.4 is 5.32 Å². The number of rotatable bonds is 4. The van der Waals surface area contributed by atoms with E-state index in [0.29, 0.717) is 17.6 Å². The molecule has 2 rings (SSSR count). The van der Waals surface area contributed by atoms with Gasteiger partial charge in [0.1, 0.15) is 0 Å². The Balaban J connectivity index is 1.99. The molecule has 0 aliphatic heterocycles. The second-order valence-corrected chi connectivity index (χ2v) is 6.77. The molecule has 20 heavy (non-hydrogen) atoms. The van der Waals surface area contributed by atoms with E-state index in [2.05, 4.69) is 22.0 Å². The number of carbonyl (C=O) groups excluding carboxylic acids is 1. The fourth-order valence-electron chi connectivity index (χ4n) is 2.63. The molecule has 112 valence electrons. The van der Waals surface area contributed by atoms with Crippen LogP contribution in [-0.4, -0.2) is 35.3 Å². The highest BCUT2D eigenvalue weighted by Crippen LogP contribution is 2.33. The predicted molar refractivity (Wildman–Crippen MR) is 79.5 cm³/mol. The summed E-state index contributed by atoms with van der Waals surface area (Å²) in [5, 5.41) is 14.3. The van der Waals surface area contributed by atoms with Crippen molar-refractivity contribution < 1.29 is 14.6 Å². The standard InChI is InChI=1S/C13H19ClN2O3S/c1-8-4-3-5-13(18,6-8)7-15-12-16-10(14)9(20-12)11(17)19-2/h8,18H,3-7H2,1-2H3,(H,15,16). The second-order valence-electron chi connectivity index (χ2n) is 5.41. The number of esters is 1. The average molecular weight is 319 g/mol. The van der Waals surface area contributed by atoms with Crippen LogP contribution >= 0.6 is 22.9 Å². The first-order chi connectivity index (χ1) is 9.43. The largest absolute Gasteiger partial charge is 0.465 e. The third-order valence-corrected chi connectivity index (χ3v) is 4.97. The maximum Gasteiger partial charge on any atom is 0.351 e. The number of carbonyl (C=O) groups is 1. The molecule has 1 aromatic rings. The van der Waals surface area contributed by atoms with E-state index in [1.165, 1.54) is 7.11 Å². The van der Waals surface area contributed by atoms with Gasteiger partial charge in [0, 0.05) is 6.54 Å². The molecule has 0 radical (unpaired) electrons. The maximum absolute atomic E-state index is 11.4. The first-order valence-electron chi connectivity index (χ1n) is 6.64. The molecule has 0 bridgehead atoms. The van der Waals surface area contributed by atoms with Gasteiger partial charge in [-0.3, -0.25) is 0 Å². The van der Waals surface area contributed by atoms with Gasteiger partial charge < -0.3 is 15.2 Å². The van der Waals surface area contributed by atoms with Crippen LogP contribution in [0, 0.1) is 5.92 Å². The Morgan fingerprint density at radius 3 is 3.10 bits per heavy atom. The summed E-state index contributed by atoms with van der Waals surface area (Å²) in [6.45, 7) is 2.57. The van der Waals surface area contributed by atoms with Crippen molar-refractivity contribution in [3.63, 3.8) is 0 Å². The summed E-state index contributed by atoms with van der Waals surface area (Å²) in [5.41, 5.74) is -0.707. The van der Waals surface area contributed by atoms with Crippen molar-refractivity contribution in [3.05, 3.63) is 10.0 Å². The molecule has 1 aromatic heterocycles. The Hall–Kier alpha value is -0.850. The Bertz CT molecular complexity index is 494. The first-order valence-corrected chi connectivity index (χ1v) is 7.84. The highest BCUT2D eigenvalue weighted by molar-refractivity contribution is 7.18. The molecule has 0 aromatic carbocycles. The minimum Gasteiger partial charge on any atom is -0.465 e. The smallest absolute Gasteiger partial charge is 0.351 e. The van der Waals surface area contributed by atoms with Crippen LogP contribution in [0.5, 0.6) is 0 Å². The molecule has 1 fully saturated rings. The van der Waals surface area contributed by atoms with Crippen molar-refractivity contribution in [2.45, 2.75) is 38.2 Å². The molecule has 0 saturated heterocycles. The number of aliphatic hydroxyl groups is 1. The van der Waals surface area contributed by atoms with E-state index in [1.54, 1.807) is 0 Å². The van der Waals surface area contributed by atoms with Crippen molar-refractivity contribution >= 4 is 34.0 Å². The van der Waals surface area contributed by atoms with Gasteiger partial charge in [0.15, 0.2) is 15.2 Å². The fourth-order valence-corrected chi connectivity index (χ4v) is 3.73. The number of anilines is 1. The normalized spacial score (nSPS) is 26.3. The number of thiazole rings is 1. The minimum atomic E-state index is -0.707. The van der Waals surface area contributed by atoms with E-state index in [9.17, 15) is 9.90 Å². The number of hydrogen-bond acceptors (Lipinski definition) is 6. The summed E-state index contributed by atoms with van der Waals surface area (Å²) in [6.07, 6.45) is 3.76. The predicted octanol–water partition coefficient (Wildman–Crippen LogP) is 2.94. The number of ether oxygens (including phenoxy) is 1. The molecule has 7 heteroatoms. The number of halogens is 1. The van der Waals surface area contributed by atoms with Crippen molar-refractivity contribution in [1.29, 1.82) is 0 Å². The summed E-state index contributed by atoms with van der Waals surface area (Å²) < 4.78 is 4.63. The van der Waals surface area contributed by atoms with Crippen LogP contribution in [0.4, 0.5) is 5.13 Å². The van der Waals surface area contributed by atoms with Gasteiger partial charge in [0.05, 0.1) is 12.7 Å². The van der Waals surface area contributed by atoms with E-state index in [0.717, 1.165) is 37.0 Å². The van der Waals surface area contributed by atoms with E-state index in [4.69, 9.17) is 11.6 Å². The zero-order valence-corrected chi connectivity index (χ0v) is 13.2. The Morgan fingerprint density at radius 2 is 2.45 bits per heavy atom. The lowest BCUT2D eigenvalue weighted by atomic mass is 9.79. The van der Waals surface area contributed by atoms with Crippen LogP contribution in [0.25, 0.3) is 0 Å². The molecule has 0 spiro atoms. The summed E-state index contributed by atoms with van der Waals surface area (Å²) in [7, 11) is 1.30. The molecule has 2 atom stereocenters. The lowest BCUT2D eigenvalue weighted by Crippen LogP contribution is -2.41. The quantitative estimate of drug-likeness (QED) is 0.835. The fraction of sp³-hybridized carbons (Fsp3) is 0.692. The third-order valence-electron chi connectivity index (χ3n) is 3.59. The molecule has 2 unspecified atom stereocenters. The Labute approximate surface area is 127 Å². The molecule has 1 heterocycles. The maximum atomic E-state index is 11.4. The average Bonchev–Trinajstić information content (AvgIpc) is 2.77. The number of nitrogens with one attached hydrogen (secondary N) is 1. The monoisotopic (exact) mass is 318 g/mol. The lowest BCUT2D eigenvalue weighted by Gasteiger charge is -2.35. The van der Waals surface area contributed by atoms with Gasteiger partial charge in [0.25, 0.3) is 0 Å². The zero-order chi connectivity index (χ0) is 14.8. The van der Waals surface area contributed by atoms with E-state index in [-0.39, 0.29) is 10.0 Å². The van der Waals surface area contributed by atoms with Crippen molar-refractivity contribution in [1.82, 2.24) is 4.98 Å². The molecular weight excluding hydrogens is 300 g/mol. The van der Waals surface area contributed by atoms with Gasteiger partial charge in [-0.05, 0) is 18.8 Å². The number of aromatic nitrogens is 1. The summed E-state index contributed by atoms with van der Waals surface area (Å²) >= 11 is 7.03. The number of methoxy groups -OCH3 is 1. The van der Waals surface area contributed by atoms with Crippen LogP contribution in [-0.2, 0) is 4.74 Å². The van der Waals surface area contributed by atoms with Crippen molar-refractivity contribution in [2.24, 2.45) is 5.92 Å². The minimum absolute atomic E-state index is 0.133. The summed E-state index contributed by atoms with van der Waals surface area (Å²) in [6, 6.07) is 0. The van der Waals surface area contributed by atoms with Gasteiger partial charge in [-0.1, -0.05) is 42.7 Å². The highest BCUT2D eigenvalue weighted by atomic mass is 35.5. The molecule has 1 saturated carbocycles. The Kier molecular flexibility index (Phi) is 4.88. The zero-order valence-electron chi connectivity index (χ0n) is 11.6. The van der Waals surface area contributed by atoms with E-state index in [1.807, 2.05) is 0 Å². The molecule has 5 nitrogen and oxygen atoms in total. The van der Waals surface area contributed by atoms with Crippen LogP contribution in [0.3, 0.4) is 0 Å². The SMILES string of the molecule is COC(=O)c1sc(NCC2(O)CCCC(C)C2)nc1Cl. The third kappa shape index (κ3) is 3.62. The highest BCUT2D eigenvalue weighted by Gasteiger charge is 2.32. The molecule has 2 N–H and O–H groups in total. The van der Waals surface area contributed by atoms with E-state index < -0.39 is 11.6 Å². The summed E-state index contributed by atoms with van der Waals surface area (Å²) in [5.74, 6) is 0.0339. The second kappa shape index (κ2) is 6.28. The van der Waals surface area contributed by atoms with Crippen LogP contribution in [0.1, 0.15) is 42.3 Å². The van der Waals surface area contributed by atoms with Crippen LogP contribution in [0.2, 0.25) is 5.15 Å². The van der Waals surface area contributed by atoms with Gasteiger partial charge in [-0.15, -0.1) is 0 Å². The Morgan fingerprint density at radius 1 is 1.70 bits per heavy atom. The van der Waals surface area contributed by atoms with Gasteiger partial charge in [-0.25, -0.2) is 9.78 Å². The lowest BCUT2D eigenvalue weighted by molar-refractivity contribution is -0.000770. The van der Waals surface area contributed by atoms with Crippen molar-refractivity contribution in [2.75, 3.05) is 19.0 Å². The number of hydrogen-bond donors (Lipinski definition) is 2.